The monoisotopic (exact) mass is 435 g/mol. The van der Waals surface area contributed by atoms with Crippen LogP contribution in [-0.4, -0.2) is 49.9 Å². The highest BCUT2D eigenvalue weighted by Crippen LogP contribution is 2.54. The quantitative estimate of drug-likeness (QED) is 0.304. The lowest BCUT2D eigenvalue weighted by atomic mass is 10.1. The first-order valence-corrected chi connectivity index (χ1v) is 10.0. The highest BCUT2D eigenvalue weighted by atomic mass is 19.1. The van der Waals surface area contributed by atoms with Crippen molar-refractivity contribution in [1.82, 2.24) is 0 Å². The lowest BCUT2D eigenvalue weighted by Crippen LogP contribution is -2.31. The number of carbonyl (C=O) groups excluding carboxylic acids is 2. The van der Waals surface area contributed by atoms with Gasteiger partial charge in [0.15, 0.2) is 11.6 Å². The fourth-order valence-electron chi connectivity index (χ4n) is 4.39. The second-order valence-corrected chi connectivity index (χ2v) is 9.08. The molecule has 9 nitrogen and oxygen atoms in total. The molecule has 1 aromatic rings. The highest BCUT2D eigenvalue weighted by Gasteiger charge is 2.61. The Hall–Kier alpha value is -3.07. The van der Waals surface area contributed by atoms with Crippen LogP contribution in [0, 0.1) is 29.4 Å². The number of nitrogens with zero attached hydrogens (tertiary/aromatic N) is 5. The summed E-state index contributed by atoms with van der Waals surface area (Å²) < 4.78 is 40.2. The molecule has 2 heterocycles. The number of hydrogen-bond donors (Lipinski definition) is 0. The molecule has 0 aromatic heterocycles. The van der Waals surface area contributed by atoms with Crippen molar-refractivity contribution in [2.45, 2.75) is 32.5 Å². The highest BCUT2D eigenvalue weighted by molar-refractivity contribution is 5.90. The van der Waals surface area contributed by atoms with E-state index in [0.717, 1.165) is 17.0 Å². The third kappa shape index (κ3) is 4.10. The molecular formula is C20H23F2N5O4. The molecule has 0 bridgehead atoms. The second-order valence-electron chi connectivity index (χ2n) is 9.08. The number of amides is 1. The third-order valence-electron chi connectivity index (χ3n) is 5.73. The molecular weight excluding hydrogens is 412 g/mol. The van der Waals surface area contributed by atoms with E-state index in [9.17, 15) is 18.4 Å². The van der Waals surface area contributed by atoms with E-state index in [2.05, 4.69) is 10.0 Å². The number of fused-ring (bicyclic) bond motifs is 1. The standard InChI is InChI=1S/C20H23F2N5O4/c1-20(2,3)31-18(28)16-12-8-26(9-13(12)16)17-14(21)4-10(5-15(17)22)27-7-11(6-24-25-23)30-19(27)29/h4-5,11-13,16H,6-9H2,1-3H3/t11-,12-,13+,16?/m0/s1. The number of hydrogen-bond acceptors (Lipinski definition) is 6. The van der Waals surface area contributed by atoms with Crippen LogP contribution in [-0.2, 0) is 14.3 Å². The Morgan fingerprint density at radius 3 is 2.42 bits per heavy atom. The van der Waals surface area contributed by atoms with Gasteiger partial charge in [0.25, 0.3) is 0 Å². The molecule has 2 aliphatic heterocycles. The first-order chi connectivity index (χ1) is 14.6. The van der Waals surface area contributed by atoms with E-state index in [1.165, 1.54) is 0 Å². The maximum absolute atomic E-state index is 14.8. The summed E-state index contributed by atoms with van der Waals surface area (Å²) in [6.45, 7) is 6.10. The van der Waals surface area contributed by atoms with Crippen LogP contribution in [0.2, 0.25) is 0 Å². The molecule has 4 rings (SSSR count). The fourth-order valence-corrected chi connectivity index (χ4v) is 4.39. The van der Waals surface area contributed by atoms with E-state index < -0.39 is 29.4 Å². The van der Waals surface area contributed by atoms with Gasteiger partial charge in [-0.1, -0.05) is 5.11 Å². The molecule has 0 radical (unpaired) electrons. The SMILES string of the molecule is CC(C)(C)OC(=O)C1[C@H]2CN(c3c(F)cc(N4C[C@H](CN=[N+]=[N-])OC4=O)cc3F)C[C@@H]12. The van der Waals surface area contributed by atoms with E-state index in [4.69, 9.17) is 15.0 Å². The van der Waals surface area contributed by atoms with Crippen LogP contribution in [0.15, 0.2) is 17.2 Å². The summed E-state index contributed by atoms with van der Waals surface area (Å²) in [7, 11) is 0. The minimum Gasteiger partial charge on any atom is -0.460 e. The van der Waals surface area contributed by atoms with Gasteiger partial charge in [0.1, 0.15) is 17.4 Å². The topological polar surface area (TPSA) is 108 Å². The average molecular weight is 435 g/mol. The number of rotatable bonds is 5. The number of cyclic esters (lactones) is 1. The first-order valence-electron chi connectivity index (χ1n) is 10.0. The number of carbonyl (C=O) groups is 2. The Bertz CT molecular complexity index is 940. The van der Waals surface area contributed by atoms with E-state index in [1.807, 2.05) is 0 Å². The summed E-state index contributed by atoms with van der Waals surface area (Å²) in [5.74, 6) is -2.05. The van der Waals surface area contributed by atoms with Gasteiger partial charge in [0, 0.05) is 30.1 Å². The van der Waals surface area contributed by atoms with Crippen molar-refractivity contribution in [2.24, 2.45) is 22.9 Å². The Labute approximate surface area is 177 Å². The second kappa shape index (κ2) is 7.56. The van der Waals surface area contributed by atoms with Crippen molar-refractivity contribution in [2.75, 3.05) is 36.0 Å². The number of ether oxygens (including phenoxy) is 2. The molecule has 0 spiro atoms. The predicted molar refractivity (Wildman–Crippen MR) is 107 cm³/mol. The Morgan fingerprint density at radius 2 is 1.87 bits per heavy atom. The summed E-state index contributed by atoms with van der Waals surface area (Å²) >= 11 is 0. The molecule has 4 atom stereocenters. The van der Waals surface area contributed by atoms with E-state index >= 15 is 0 Å². The molecule has 3 fully saturated rings. The normalized spacial score (nSPS) is 26.9. The minimum absolute atomic E-state index is 0.0170. The van der Waals surface area contributed by atoms with Crippen LogP contribution >= 0.6 is 0 Å². The number of azide groups is 1. The van der Waals surface area contributed by atoms with Crippen molar-refractivity contribution in [3.63, 3.8) is 0 Å². The summed E-state index contributed by atoms with van der Waals surface area (Å²) in [5.41, 5.74) is 7.67. The van der Waals surface area contributed by atoms with Gasteiger partial charge in [-0.25, -0.2) is 13.6 Å². The van der Waals surface area contributed by atoms with Gasteiger partial charge in [-0.15, -0.1) is 0 Å². The van der Waals surface area contributed by atoms with Crippen molar-refractivity contribution in [1.29, 1.82) is 0 Å². The molecule has 1 unspecified atom stereocenters. The van der Waals surface area contributed by atoms with Crippen LogP contribution in [0.25, 0.3) is 10.4 Å². The molecule has 3 aliphatic rings. The lowest BCUT2D eigenvalue weighted by Gasteiger charge is -2.25. The minimum atomic E-state index is -0.795. The van der Waals surface area contributed by atoms with Gasteiger partial charge in [0.2, 0.25) is 0 Å². The van der Waals surface area contributed by atoms with Gasteiger partial charge in [0.05, 0.1) is 24.7 Å². The van der Waals surface area contributed by atoms with Gasteiger partial charge < -0.3 is 14.4 Å². The maximum atomic E-state index is 14.8. The van der Waals surface area contributed by atoms with E-state index in [-0.39, 0.29) is 48.2 Å². The lowest BCUT2D eigenvalue weighted by molar-refractivity contribution is -0.157. The largest absolute Gasteiger partial charge is 0.460 e. The van der Waals surface area contributed by atoms with Gasteiger partial charge >= 0.3 is 12.1 Å². The summed E-state index contributed by atoms with van der Waals surface area (Å²) in [5, 5.41) is 3.36. The van der Waals surface area contributed by atoms with Gasteiger partial charge in [-0.2, -0.15) is 0 Å². The smallest absolute Gasteiger partial charge is 0.414 e. The van der Waals surface area contributed by atoms with Crippen molar-refractivity contribution in [3.8, 4) is 0 Å². The van der Waals surface area contributed by atoms with Crippen molar-refractivity contribution in [3.05, 3.63) is 34.2 Å². The Morgan fingerprint density at radius 1 is 1.26 bits per heavy atom. The first kappa shape index (κ1) is 21.2. The number of esters is 1. The molecule has 1 saturated carbocycles. The van der Waals surface area contributed by atoms with Gasteiger partial charge in [-0.05, 0) is 38.1 Å². The molecule has 1 amide bonds. The fraction of sp³-hybridized carbons (Fsp3) is 0.600. The zero-order chi connectivity index (χ0) is 22.5. The van der Waals surface area contributed by atoms with E-state index in [0.29, 0.717) is 13.1 Å². The number of anilines is 2. The van der Waals surface area contributed by atoms with Crippen LogP contribution in [0.3, 0.4) is 0 Å². The number of benzene rings is 1. The summed E-state index contributed by atoms with van der Waals surface area (Å²) in [6.07, 6.45) is -1.43. The van der Waals surface area contributed by atoms with Gasteiger partial charge in [-0.3, -0.25) is 9.69 Å². The Balaban J connectivity index is 1.44. The molecule has 31 heavy (non-hydrogen) atoms. The molecule has 1 aromatic carbocycles. The van der Waals surface area contributed by atoms with Crippen LogP contribution < -0.4 is 9.80 Å². The summed E-state index contributed by atoms with van der Waals surface area (Å²) in [4.78, 5) is 29.6. The van der Waals surface area contributed by atoms with Crippen LogP contribution in [0.5, 0.6) is 0 Å². The third-order valence-corrected chi connectivity index (χ3v) is 5.73. The van der Waals surface area contributed by atoms with Crippen molar-refractivity contribution >= 4 is 23.4 Å². The molecule has 1 aliphatic carbocycles. The van der Waals surface area contributed by atoms with Crippen LogP contribution in [0.4, 0.5) is 25.0 Å². The van der Waals surface area contributed by atoms with E-state index in [1.54, 1.807) is 25.7 Å². The molecule has 2 saturated heterocycles. The molecule has 0 N–H and O–H groups in total. The average Bonchev–Trinajstić information content (AvgIpc) is 2.97. The zero-order valence-electron chi connectivity index (χ0n) is 17.4. The predicted octanol–water partition coefficient (Wildman–Crippen LogP) is 3.62. The summed E-state index contributed by atoms with van der Waals surface area (Å²) in [6, 6.07) is 2.18. The van der Waals surface area contributed by atoms with Crippen LogP contribution in [0.1, 0.15) is 20.8 Å². The number of halogens is 2. The molecule has 166 valence electrons. The maximum Gasteiger partial charge on any atom is 0.414 e. The zero-order valence-corrected chi connectivity index (χ0v) is 17.4. The van der Waals surface area contributed by atoms with Crippen molar-refractivity contribution < 1.29 is 27.8 Å². The number of piperidine rings is 1. The Kier molecular flexibility index (Phi) is 5.17. The molecule has 11 heteroatoms.